The number of anilines is 1. The van der Waals surface area contributed by atoms with E-state index < -0.39 is 6.17 Å². The lowest BCUT2D eigenvalue weighted by atomic mass is 10.0. The summed E-state index contributed by atoms with van der Waals surface area (Å²) in [5.41, 5.74) is 2.71. The van der Waals surface area contributed by atoms with Gasteiger partial charge in [0.2, 0.25) is 5.91 Å². The molecule has 2 saturated heterocycles. The minimum Gasteiger partial charge on any atom is -0.484 e. The van der Waals surface area contributed by atoms with E-state index in [1.165, 1.54) is 0 Å². The molecule has 10 nitrogen and oxygen atoms in total. The third-order valence-corrected chi connectivity index (χ3v) is 11.3. The molecular weight excluding hydrogens is 779 g/mol. The number of thioether (sulfide) groups is 1. The second-order valence-corrected chi connectivity index (χ2v) is 15.4. The molecule has 3 heterocycles. The standard InChI is InChI=1S/C35H39Br2FN6O4S/c36-21-5-11-29-26(15-21)27-16-22(37)6-12-30(27)44(29)18-23(38)17-41-24-7-9-25(10-8-24)48-19-33(46)40-14-13-39-32(45)4-2-1-3-31-34-28(20-49-31)42-35(47)43-34/h5-12,15-16,23,28,31,34,41H,1-4,13-14,17-20H2,(H,39,45)(H,40,46)(H2,42,43,47)/t23?,28-,31-,34-/m1/s1. The van der Waals surface area contributed by atoms with Gasteiger partial charge in [-0.1, -0.05) is 38.3 Å². The molecule has 4 aromatic rings. The summed E-state index contributed by atoms with van der Waals surface area (Å²) in [6.07, 6.45) is 1.97. The number of fused-ring (bicyclic) bond motifs is 4. The highest BCUT2D eigenvalue weighted by atomic mass is 79.9. The minimum absolute atomic E-state index is 0.0421. The van der Waals surface area contributed by atoms with Gasteiger partial charge < -0.3 is 35.9 Å². The Bertz CT molecular complexity index is 1750. The van der Waals surface area contributed by atoms with Crippen LogP contribution < -0.4 is 31.3 Å². The molecule has 1 aromatic heterocycles. The summed E-state index contributed by atoms with van der Waals surface area (Å²) in [6, 6.07) is 19.5. The van der Waals surface area contributed by atoms with Crippen molar-refractivity contribution in [3.8, 4) is 5.75 Å². The molecule has 6 rings (SSSR count). The number of ether oxygens (including phenoxy) is 1. The first-order valence-electron chi connectivity index (χ1n) is 16.4. The number of carbonyl (C=O) groups excluding carboxylic acids is 3. The molecule has 4 amide bonds. The Balaban J connectivity index is 0.847. The molecule has 260 valence electrons. The summed E-state index contributed by atoms with van der Waals surface area (Å²) in [5.74, 6) is 1.12. The van der Waals surface area contributed by atoms with Gasteiger partial charge in [0.1, 0.15) is 11.9 Å². The van der Waals surface area contributed by atoms with Gasteiger partial charge >= 0.3 is 6.03 Å². The van der Waals surface area contributed by atoms with E-state index in [2.05, 4.69) is 70.6 Å². The maximum absolute atomic E-state index is 15.3. The molecule has 49 heavy (non-hydrogen) atoms. The Kier molecular flexibility index (Phi) is 11.9. The molecule has 14 heteroatoms. The smallest absolute Gasteiger partial charge is 0.315 e. The number of hydrogen-bond donors (Lipinski definition) is 5. The maximum Gasteiger partial charge on any atom is 0.315 e. The van der Waals surface area contributed by atoms with Crippen LogP contribution in [0.2, 0.25) is 0 Å². The summed E-state index contributed by atoms with van der Waals surface area (Å²) >= 11 is 8.98. The molecule has 5 N–H and O–H groups in total. The monoisotopic (exact) mass is 816 g/mol. The summed E-state index contributed by atoms with van der Waals surface area (Å²) in [5, 5.41) is 17.2. The molecule has 0 saturated carbocycles. The van der Waals surface area contributed by atoms with E-state index in [-0.39, 0.29) is 49.6 Å². The SMILES string of the molecule is O=C(CCCC[C@H]1SC[C@H]2NC(=O)N[C@H]21)NCCNC(=O)COc1ccc(NCC(F)Cn2c3ccc(Br)cc3c3cc(Br)ccc32)cc1. The zero-order valence-corrected chi connectivity index (χ0v) is 30.8. The van der Waals surface area contributed by atoms with Crippen LogP contribution in [0.3, 0.4) is 0 Å². The Morgan fingerprint density at radius 3 is 2.31 bits per heavy atom. The summed E-state index contributed by atoms with van der Waals surface area (Å²) in [4.78, 5) is 35.9. The van der Waals surface area contributed by atoms with Gasteiger partial charge in [0.25, 0.3) is 5.91 Å². The molecular formula is C35H39Br2FN6O4S. The third kappa shape index (κ3) is 9.20. The van der Waals surface area contributed by atoms with Gasteiger partial charge in [0.15, 0.2) is 6.61 Å². The average molecular weight is 819 g/mol. The Morgan fingerprint density at radius 2 is 1.61 bits per heavy atom. The van der Waals surface area contributed by atoms with Crippen LogP contribution in [-0.2, 0) is 16.1 Å². The van der Waals surface area contributed by atoms with Gasteiger partial charge in [-0.05, 0) is 73.5 Å². The number of hydrogen-bond acceptors (Lipinski definition) is 6. The van der Waals surface area contributed by atoms with Crippen molar-refractivity contribution in [1.29, 1.82) is 0 Å². The van der Waals surface area contributed by atoms with E-state index in [0.29, 0.717) is 30.5 Å². The largest absolute Gasteiger partial charge is 0.484 e. The number of unbranched alkanes of at least 4 members (excludes halogenated alkanes) is 1. The van der Waals surface area contributed by atoms with Crippen LogP contribution >= 0.6 is 43.6 Å². The fraction of sp³-hybridized carbons (Fsp3) is 0.400. The summed E-state index contributed by atoms with van der Waals surface area (Å²) < 4.78 is 24.9. The highest BCUT2D eigenvalue weighted by Crippen LogP contribution is 2.34. The van der Waals surface area contributed by atoms with Crippen molar-refractivity contribution in [3.63, 3.8) is 0 Å². The van der Waals surface area contributed by atoms with E-state index >= 15 is 4.39 Å². The summed E-state index contributed by atoms with van der Waals surface area (Å²) in [7, 11) is 0. The number of benzene rings is 3. The highest BCUT2D eigenvalue weighted by molar-refractivity contribution is 9.10. The van der Waals surface area contributed by atoms with Crippen LogP contribution in [0.1, 0.15) is 25.7 Å². The van der Waals surface area contributed by atoms with Gasteiger partial charge in [-0.15, -0.1) is 0 Å². The molecule has 0 radical (unpaired) electrons. The van der Waals surface area contributed by atoms with Crippen LogP contribution in [-0.4, -0.2) is 77.9 Å². The number of aromatic nitrogens is 1. The number of amides is 4. The van der Waals surface area contributed by atoms with Gasteiger partial charge in [0.05, 0.1) is 18.6 Å². The van der Waals surface area contributed by atoms with Crippen LogP contribution in [0.25, 0.3) is 21.8 Å². The quantitative estimate of drug-likeness (QED) is 0.0688. The zero-order valence-electron chi connectivity index (χ0n) is 26.8. The molecule has 0 aliphatic carbocycles. The predicted molar refractivity (Wildman–Crippen MR) is 200 cm³/mol. The van der Waals surface area contributed by atoms with Crippen LogP contribution in [0.15, 0.2) is 69.6 Å². The Morgan fingerprint density at radius 1 is 0.939 bits per heavy atom. The molecule has 3 aromatic carbocycles. The first-order valence-corrected chi connectivity index (χ1v) is 19.1. The number of nitrogens with zero attached hydrogens (tertiary/aromatic N) is 1. The third-order valence-electron chi connectivity index (χ3n) is 8.77. The number of alkyl halides is 1. The van der Waals surface area contributed by atoms with E-state index in [9.17, 15) is 14.4 Å². The van der Waals surface area contributed by atoms with Crippen molar-refractivity contribution in [2.24, 2.45) is 0 Å². The van der Waals surface area contributed by atoms with E-state index in [0.717, 1.165) is 61.5 Å². The van der Waals surface area contributed by atoms with Crippen molar-refractivity contribution >= 4 is 89.0 Å². The van der Waals surface area contributed by atoms with Crippen LogP contribution in [0.4, 0.5) is 14.9 Å². The Hall–Kier alpha value is -3.49. The van der Waals surface area contributed by atoms with Crippen molar-refractivity contribution in [3.05, 3.63) is 69.6 Å². The zero-order chi connectivity index (χ0) is 34.3. The van der Waals surface area contributed by atoms with Crippen LogP contribution in [0, 0.1) is 0 Å². The van der Waals surface area contributed by atoms with Crippen molar-refractivity contribution in [2.45, 2.75) is 55.7 Å². The number of carbonyl (C=O) groups is 3. The molecule has 1 unspecified atom stereocenters. The minimum atomic E-state index is -1.14. The second-order valence-electron chi connectivity index (χ2n) is 12.3. The lowest BCUT2D eigenvalue weighted by Gasteiger charge is -2.16. The molecule has 0 bridgehead atoms. The molecule has 2 aliphatic rings. The first-order chi connectivity index (χ1) is 23.7. The molecule has 0 spiro atoms. The number of rotatable bonds is 16. The Labute approximate surface area is 305 Å². The van der Waals surface area contributed by atoms with Gasteiger partial charge in [-0.2, -0.15) is 11.8 Å². The first kappa shape index (κ1) is 35.3. The molecule has 2 aliphatic heterocycles. The van der Waals surface area contributed by atoms with Gasteiger partial charge in [-0.3, -0.25) is 9.59 Å². The fourth-order valence-electron chi connectivity index (χ4n) is 6.37. The highest BCUT2D eigenvalue weighted by Gasteiger charge is 2.42. The van der Waals surface area contributed by atoms with Crippen LogP contribution in [0.5, 0.6) is 5.75 Å². The fourth-order valence-corrected chi connectivity index (χ4v) is 8.64. The lowest BCUT2D eigenvalue weighted by molar-refractivity contribution is -0.124. The van der Waals surface area contributed by atoms with E-state index in [1.807, 2.05) is 40.6 Å². The predicted octanol–water partition coefficient (Wildman–Crippen LogP) is 6.11. The normalized spacial score (nSPS) is 18.9. The topological polar surface area (TPSA) is 126 Å². The maximum atomic E-state index is 15.3. The van der Waals surface area contributed by atoms with Gasteiger partial charge in [0, 0.05) is 73.5 Å². The average Bonchev–Trinajstić information content (AvgIpc) is 3.74. The van der Waals surface area contributed by atoms with E-state index in [4.69, 9.17) is 4.74 Å². The second kappa shape index (κ2) is 16.5. The molecule has 2 fully saturated rings. The van der Waals surface area contributed by atoms with Gasteiger partial charge in [-0.25, -0.2) is 9.18 Å². The number of urea groups is 1. The molecule has 4 atom stereocenters. The van der Waals surface area contributed by atoms with Crippen molar-refractivity contribution < 1.29 is 23.5 Å². The lowest BCUT2D eigenvalue weighted by Crippen LogP contribution is -2.37. The van der Waals surface area contributed by atoms with Crippen molar-refractivity contribution in [2.75, 3.05) is 37.3 Å². The number of halogens is 3. The number of nitrogens with one attached hydrogen (secondary N) is 5. The van der Waals surface area contributed by atoms with Crippen molar-refractivity contribution in [1.82, 2.24) is 25.8 Å². The van der Waals surface area contributed by atoms with E-state index in [1.54, 1.807) is 24.3 Å². The summed E-state index contributed by atoms with van der Waals surface area (Å²) in [6.45, 7) is 0.826.